The normalized spacial score (nSPS) is 21.7. The average Bonchev–Trinajstić information content (AvgIpc) is 3.38. The molecule has 0 aliphatic carbocycles. The van der Waals surface area contributed by atoms with Gasteiger partial charge >= 0.3 is 0 Å². The van der Waals surface area contributed by atoms with Crippen LogP contribution >= 0.6 is 0 Å². The summed E-state index contributed by atoms with van der Waals surface area (Å²) in [7, 11) is -4.10. The van der Waals surface area contributed by atoms with Crippen LogP contribution < -0.4 is 15.8 Å². The van der Waals surface area contributed by atoms with Crippen molar-refractivity contribution in [1.82, 2.24) is 19.8 Å². The summed E-state index contributed by atoms with van der Waals surface area (Å²) in [5.74, 6) is -1.02. The number of piperidine rings is 1. The number of nitrogens with one attached hydrogen (secondary N) is 3. The minimum atomic E-state index is -4.10. The Kier molecular flexibility index (Phi) is 8.54. The maximum atomic E-state index is 13.5. The lowest BCUT2D eigenvalue weighted by atomic mass is 9.97. The van der Waals surface area contributed by atoms with Crippen LogP contribution in [0.5, 0.6) is 0 Å². The van der Waals surface area contributed by atoms with Gasteiger partial charge in [-0.2, -0.15) is 4.72 Å². The highest BCUT2D eigenvalue weighted by Gasteiger charge is 2.38. The second kappa shape index (κ2) is 11.7. The third-order valence-corrected chi connectivity index (χ3v) is 8.81. The number of carbonyl (C=O) groups excluding carboxylic acids is 2. The molecule has 4 rings (SSSR count). The van der Waals surface area contributed by atoms with E-state index in [0.717, 1.165) is 17.2 Å². The SMILES string of the molecule is CC(O)[C@@H](NS(=O)(=O)c1ccc2ccccc2c1)C(=O)N1CCC[C@H]1CNC(=O)[C@H]1CCCN(C(=N)N)C1. The van der Waals surface area contributed by atoms with E-state index in [1.54, 1.807) is 21.9 Å². The highest BCUT2D eigenvalue weighted by molar-refractivity contribution is 7.89. The van der Waals surface area contributed by atoms with Crippen LogP contribution in [-0.4, -0.2) is 85.5 Å². The van der Waals surface area contributed by atoms with E-state index >= 15 is 0 Å². The van der Waals surface area contributed by atoms with E-state index in [9.17, 15) is 23.1 Å². The highest BCUT2D eigenvalue weighted by atomic mass is 32.2. The molecule has 2 aliphatic heterocycles. The van der Waals surface area contributed by atoms with Crippen molar-refractivity contribution >= 4 is 38.6 Å². The molecular weight excluding hydrogens is 508 g/mol. The van der Waals surface area contributed by atoms with Gasteiger partial charge in [-0.3, -0.25) is 15.0 Å². The standard InChI is InChI=1S/C26H36N6O5S/c1-17(33)23(30-38(36,37)22-11-10-18-6-2-3-7-19(18)14-22)25(35)32-13-5-9-21(32)15-29-24(34)20-8-4-12-31(16-20)26(27)28/h2-3,6-7,10-11,14,17,20-21,23,30,33H,4-5,8-9,12-13,15-16H2,1H3,(H3,27,28)(H,29,34)/t17?,20-,21-,23+/m0/s1. The predicted molar refractivity (Wildman–Crippen MR) is 144 cm³/mol. The van der Waals surface area contributed by atoms with E-state index in [-0.39, 0.29) is 35.3 Å². The zero-order valence-electron chi connectivity index (χ0n) is 21.5. The molecule has 11 nitrogen and oxygen atoms in total. The summed E-state index contributed by atoms with van der Waals surface area (Å²) in [6.45, 7) is 3.05. The van der Waals surface area contributed by atoms with Gasteiger partial charge in [0.15, 0.2) is 5.96 Å². The third-order valence-electron chi connectivity index (χ3n) is 7.37. The zero-order chi connectivity index (χ0) is 27.4. The summed E-state index contributed by atoms with van der Waals surface area (Å²) < 4.78 is 28.8. The molecule has 2 saturated heterocycles. The number of fused-ring (bicyclic) bond motifs is 1. The van der Waals surface area contributed by atoms with Crippen molar-refractivity contribution < 1.29 is 23.1 Å². The molecule has 2 aliphatic rings. The molecule has 2 heterocycles. The number of hydrogen-bond acceptors (Lipinski definition) is 6. The lowest BCUT2D eigenvalue weighted by Crippen LogP contribution is -2.56. The van der Waals surface area contributed by atoms with Gasteiger partial charge in [0.2, 0.25) is 21.8 Å². The number of aliphatic hydroxyl groups is 1. The average molecular weight is 545 g/mol. The molecule has 0 radical (unpaired) electrons. The number of aliphatic hydroxyl groups excluding tert-OH is 1. The monoisotopic (exact) mass is 544 g/mol. The second-order valence-electron chi connectivity index (χ2n) is 10.1. The molecule has 2 aromatic carbocycles. The Labute approximate surface area is 222 Å². The molecule has 0 saturated carbocycles. The number of hydrogen-bond donors (Lipinski definition) is 5. The minimum absolute atomic E-state index is 0.00646. The van der Waals surface area contributed by atoms with Crippen molar-refractivity contribution in [3.05, 3.63) is 42.5 Å². The molecule has 0 bridgehead atoms. The second-order valence-corrected chi connectivity index (χ2v) is 11.8. The Balaban J connectivity index is 1.42. The van der Waals surface area contributed by atoms with Gasteiger partial charge in [-0.1, -0.05) is 30.3 Å². The lowest BCUT2D eigenvalue weighted by Gasteiger charge is -2.33. The van der Waals surface area contributed by atoms with Crippen LogP contribution in [0.2, 0.25) is 0 Å². The number of nitrogens with zero attached hydrogens (tertiary/aromatic N) is 2. The van der Waals surface area contributed by atoms with Gasteiger partial charge < -0.3 is 26.0 Å². The molecule has 206 valence electrons. The summed E-state index contributed by atoms with van der Waals surface area (Å²) >= 11 is 0. The Morgan fingerprint density at radius 2 is 1.84 bits per heavy atom. The van der Waals surface area contributed by atoms with Gasteiger partial charge in [0, 0.05) is 32.2 Å². The first-order valence-corrected chi connectivity index (χ1v) is 14.4. The summed E-state index contributed by atoms with van der Waals surface area (Å²) in [6.07, 6.45) is 1.55. The minimum Gasteiger partial charge on any atom is -0.391 e. The Hall–Kier alpha value is -3.22. The first-order chi connectivity index (χ1) is 18.1. The highest BCUT2D eigenvalue weighted by Crippen LogP contribution is 2.22. The summed E-state index contributed by atoms with van der Waals surface area (Å²) in [4.78, 5) is 29.5. The fourth-order valence-corrected chi connectivity index (χ4v) is 6.51. The predicted octanol–water partition coefficient (Wildman–Crippen LogP) is 0.580. The van der Waals surface area contributed by atoms with Gasteiger partial charge in [-0.05, 0) is 55.5 Å². The Morgan fingerprint density at radius 3 is 2.55 bits per heavy atom. The van der Waals surface area contributed by atoms with Crippen molar-refractivity contribution in [2.45, 2.75) is 55.7 Å². The van der Waals surface area contributed by atoms with Crippen molar-refractivity contribution in [3.63, 3.8) is 0 Å². The first-order valence-electron chi connectivity index (χ1n) is 12.9. The van der Waals surface area contributed by atoms with Crippen molar-refractivity contribution in [3.8, 4) is 0 Å². The molecule has 0 aromatic heterocycles. The number of likely N-dealkylation sites (tertiary alicyclic amines) is 2. The van der Waals surface area contributed by atoms with Gasteiger partial charge in [-0.15, -0.1) is 0 Å². The van der Waals surface area contributed by atoms with Crippen molar-refractivity contribution in [2.24, 2.45) is 11.7 Å². The molecule has 4 atom stereocenters. The molecule has 6 N–H and O–H groups in total. The quantitative estimate of drug-likeness (QED) is 0.239. The molecule has 2 fully saturated rings. The van der Waals surface area contributed by atoms with Gasteiger partial charge in [0.05, 0.1) is 16.9 Å². The number of rotatable bonds is 8. The van der Waals surface area contributed by atoms with E-state index in [1.807, 2.05) is 18.2 Å². The molecular formula is C26H36N6O5S. The number of amides is 2. The number of benzene rings is 2. The van der Waals surface area contributed by atoms with E-state index < -0.39 is 28.1 Å². The summed E-state index contributed by atoms with van der Waals surface area (Å²) in [6, 6.07) is 10.4. The largest absolute Gasteiger partial charge is 0.391 e. The maximum absolute atomic E-state index is 13.5. The smallest absolute Gasteiger partial charge is 0.243 e. The fourth-order valence-electron chi connectivity index (χ4n) is 5.21. The van der Waals surface area contributed by atoms with Crippen molar-refractivity contribution in [2.75, 3.05) is 26.2 Å². The summed E-state index contributed by atoms with van der Waals surface area (Å²) in [5.41, 5.74) is 5.58. The zero-order valence-corrected chi connectivity index (χ0v) is 22.3. The van der Waals surface area contributed by atoms with Crippen LogP contribution in [0, 0.1) is 11.3 Å². The van der Waals surface area contributed by atoms with Crippen LogP contribution in [0.25, 0.3) is 10.8 Å². The number of guanidine groups is 1. The van der Waals surface area contributed by atoms with Crippen LogP contribution in [-0.2, 0) is 19.6 Å². The van der Waals surface area contributed by atoms with E-state index in [1.165, 1.54) is 19.1 Å². The lowest BCUT2D eigenvalue weighted by molar-refractivity contribution is -0.137. The molecule has 2 aromatic rings. The van der Waals surface area contributed by atoms with E-state index in [4.69, 9.17) is 11.1 Å². The summed E-state index contributed by atoms with van der Waals surface area (Å²) in [5, 5.41) is 22.6. The molecule has 0 spiro atoms. The van der Waals surface area contributed by atoms with Crippen LogP contribution in [0.1, 0.15) is 32.6 Å². The van der Waals surface area contributed by atoms with Gasteiger partial charge in [-0.25, -0.2) is 8.42 Å². The van der Waals surface area contributed by atoms with Crippen LogP contribution in [0.4, 0.5) is 0 Å². The molecule has 2 amide bonds. The maximum Gasteiger partial charge on any atom is 0.243 e. The third kappa shape index (κ3) is 6.25. The fraction of sp³-hybridized carbons (Fsp3) is 0.500. The molecule has 1 unspecified atom stereocenters. The number of sulfonamides is 1. The Morgan fingerprint density at radius 1 is 1.13 bits per heavy atom. The number of carbonyl (C=O) groups is 2. The molecule has 12 heteroatoms. The van der Waals surface area contributed by atoms with E-state index in [2.05, 4.69) is 10.0 Å². The van der Waals surface area contributed by atoms with Crippen LogP contribution in [0.15, 0.2) is 47.4 Å². The van der Waals surface area contributed by atoms with Crippen molar-refractivity contribution in [1.29, 1.82) is 5.41 Å². The molecule has 38 heavy (non-hydrogen) atoms. The van der Waals surface area contributed by atoms with E-state index in [0.29, 0.717) is 38.9 Å². The van der Waals surface area contributed by atoms with Gasteiger partial charge in [0.25, 0.3) is 0 Å². The Bertz CT molecular complexity index is 1300. The first kappa shape index (κ1) is 27.8. The number of nitrogens with two attached hydrogens (primary N) is 1. The van der Waals surface area contributed by atoms with Gasteiger partial charge in [0.1, 0.15) is 6.04 Å². The topological polar surface area (TPSA) is 169 Å². The van der Waals surface area contributed by atoms with Crippen LogP contribution in [0.3, 0.4) is 0 Å².